The molecule has 0 bridgehead atoms. The van der Waals surface area contributed by atoms with Crippen LogP contribution in [0.15, 0.2) is 35.3 Å². The second-order valence-electron chi connectivity index (χ2n) is 8.08. The summed E-state index contributed by atoms with van der Waals surface area (Å²) in [7, 11) is 7.66. The van der Waals surface area contributed by atoms with E-state index in [2.05, 4.69) is 44.8 Å². The number of guanidine groups is 1. The van der Waals surface area contributed by atoms with Crippen LogP contribution in [0.4, 0.5) is 5.82 Å². The van der Waals surface area contributed by atoms with Crippen molar-refractivity contribution in [1.29, 1.82) is 0 Å². The van der Waals surface area contributed by atoms with Crippen molar-refractivity contribution < 1.29 is 4.74 Å². The van der Waals surface area contributed by atoms with Gasteiger partial charge in [-0.25, -0.2) is 4.98 Å². The van der Waals surface area contributed by atoms with Gasteiger partial charge in [-0.15, -0.1) is 0 Å². The van der Waals surface area contributed by atoms with Crippen molar-refractivity contribution in [2.75, 3.05) is 59.4 Å². The average molecular weight is 413 g/mol. The van der Waals surface area contributed by atoms with Crippen LogP contribution in [-0.2, 0) is 11.3 Å². The fraction of sp³-hybridized carbons (Fsp3) is 0.565. The van der Waals surface area contributed by atoms with Crippen molar-refractivity contribution in [2.24, 2.45) is 4.99 Å². The molecule has 164 valence electrons. The molecule has 7 heteroatoms. The molecule has 0 saturated carbocycles. The summed E-state index contributed by atoms with van der Waals surface area (Å²) in [5.74, 6) is 1.83. The van der Waals surface area contributed by atoms with Crippen LogP contribution in [0.5, 0.6) is 0 Å². The Bertz CT molecular complexity index is 830. The molecule has 0 atom stereocenters. The SMILES string of the molecule is CN=C(NCc1cc(N(C)C)nc2ccccc12)NC1CCN(CCCOC)CC1. The summed E-state index contributed by atoms with van der Waals surface area (Å²) >= 11 is 0. The minimum absolute atomic E-state index is 0.460. The number of methoxy groups -OCH3 is 1. The van der Waals surface area contributed by atoms with Crippen molar-refractivity contribution in [3.63, 3.8) is 0 Å². The van der Waals surface area contributed by atoms with Crippen molar-refractivity contribution in [3.8, 4) is 0 Å². The summed E-state index contributed by atoms with van der Waals surface area (Å²) in [6.45, 7) is 4.92. The predicted octanol–water partition coefficient (Wildman–Crippen LogP) is 2.47. The quantitative estimate of drug-likeness (QED) is 0.395. The maximum absolute atomic E-state index is 5.16. The van der Waals surface area contributed by atoms with Crippen molar-refractivity contribution in [3.05, 3.63) is 35.9 Å². The largest absolute Gasteiger partial charge is 0.385 e. The summed E-state index contributed by atoms with van der Waals surface area (Å²) in [6, 6.07) is 10.9. The number of piperidine rings is 1. The molecule has 2 aromatic rings. The van der Waals surface area contributed by atoms with E-state index in [0.29, 0.717) is 12.6 Å². The Kier molecular flexibility index (Phi) is 8.28. The molecule has 2 heterocycles. The number of para-hydroxylation sites is 1. The maximum Gasteiger partial charge on any atom is 0.191 e. The summed E-state index contributed by atoms with van der Waals surface area (Å²) in [6.07, 6.45) is 3.37. The van der Waals surface area contributed by atoms with E-state index in [9.17, 15) is 0 Å². The average Bonchev–Trinajstić information content (AvgIpc) is 2.77. The Morgan fingerprint density at radius 1 is 1.27 bits per heavy atom. The monoisotopic (exact) mass is 412 g/mol. The van der Waals surface area contributed by atoms with Crippen LogP contribution >= 0.6 is 0 Å². The fourth-order valence-electron chi connectivity index (χ4n) is 3.91. The molecule has 0 unspecified atom stereocenters. The van der Waals surface area contributed by atoms with Crippen LogP contribution in [0.25, 0.3) is 10.9 Å². The van der Waals surface area contributed by atoms with E-state index >= 15 is 0 Å². The van der Waals surface area contributed by atoms with Gasteiger partial charge in [-0.05, 0) is 37.0 Å². The Balaban J connectivity index is 1.56. The highest BCUT2D eigenvalue weighted by molar-refractivity contribution is 5.85. The molecular weight excluding hydrogens is 376 g/mol. The first kappa shape index (κ1) is 22.3. The zero-order valence-corrected chi connectivity index (χ0v) is 18.8. The molecule has 0 aliphatic carbocycles. The highest BCUT2D eigenvalue weighted by Crippen LogP contribution is 2.22. The van der Waals surface area contributed by atoms with Crippen LogP contribution in [0, 0.1) is 0 Å². The number of hydrogen-bond acceptors (Lipinski definition) is 5. The summed E-state index contributed by atoms with van der Waals surface area (Å²) in [5.41, 5.74) is 2.24. The number of aliphatic imine (C=N–C) groups is 1. The van der Waals surface area contributed by atoms with Gasteiger partial charge in [0.05, 0.1) is 5.52 Å². The third-order valence-corrected chi connectivity index (χ3v) is 5.67. The third-order valence-electron chi connectivity index (χ3n) is 5.67. The van der Waals surface area contributed by atoms with Crippen molar-refractivity contribution in [1.82, 2.24) is 20.5 Å². The standard InChI is InChI=1S/C23H36N6O/c1-24-23(26-19-10-13-29(14-11-19)12-7-15-30-4)25-17-18-16-22(28(2)3)27-21-9-6-5-8-20(18)21/h5-6,8-9,16,19H,7,10-15,17H2,1-4H3,(H2,24,25,26). The molecule has 30 heavy (non-hydrogen) atoms. The van der Waals surface area contributed by atoms with Crippen LogP contribution < -0.4 is 15.5 Å². The summed E-state index contributed by atoms with van der Waals surface area (Å²) in [5, 5.41) is 8.29. The Morgan fingerprint density at radius 3 is 2.73 bits per heavy atom. The number of hydrogen-bond donors (Lipinski definition) is 2. The first-order valence-corrected chi connectivity index (χ1v) is 10.8. The number of fused-ring (bicyclic) bond motifs is 1. The third kappa shape index (κ3) is 6.06. The van der Waals surface area contributed by atoms with E-state index < -0.39 is 0 Å². The molecule has 3 rings (SSSR count). The summed E-state index contributed by atoms with van der Waals surface area (Å²) in [4.78, 5) is 13.8. The first-order chi connectivity index (χ1) is 14.6. The second-order valence-corrected chi connectivity index (χ2v) is 8.08. The lowest BCUT2D eigenvalue weighted by Crippen LogP contribution is -2.48. The molecule has 2 N–H and O–H groups in total. The molecule has 1 fully saturated rings. The van der Waals surface area contributed by atoms with E-state index in [0.717, 1.165) is 62.8 Å². The van der Waals surface area contributed by atoms with Crippen LogP contribution in [0.3, 0.4) is 0 Å². The van der Waals surface area contributed by atoms with Gasteiger partial charge >= 0.3 is 0 Å². The molecule has 1 aromatic carbocycles. The molecule has 1 aliphatic heterocycles. The van der Waals surface area contributed by atoms with Crippen LogP contribution in [0.1, 0.15) is 24.8 Å². The number of nitrogens with zero attached hydrogens (tertiary/aromatic N) is 4. The molecule has 1 aliphatic rings. The minimum atomic E-state index is 0.460. The molecule has 1 saturated heterocycles. The topological polar surface area (TPSA) is 65.0 Å². The van der Waals surface area contributed by atoms with Gasteiger partial charge in [0.2, 0.25) is 0 Å². The van der Waals surface area contributed by atoms with Gasteiger partial charge < -0.3 is 25.2 Å². The Hall–Kier alpha value is -2.38. The molecule has 0 radical (unpaired) electrons. The number of anilines is 1. The van der Waals surface area contributed by atoms with Gasteiger partial charge in [0, 0.05) is 72.5 Å². The van der Waals surface area contributed by atoms with E-state index in [4.69, 9.17) is 9.72 Å². The zero-order chi connectivity index (χ0) is 21.3. The first-order valence-electron chi connectivity index (χ1n) is 10.8. The van der Waals surface area contributed by atoms with Crippen LogP contribution in [0.2, 0.25) is 0 Å². The number of aromatic nitrogens is 1. The lowest BCUT2D eigenvalue weighted by Gasteiger charge is -2.33. The highest BCUT2D eigenvalue weighted by Gasteiger charge is 2.19. The summed E-state index contributed by atoms with van der Waals surface area (Å²) < 4.78 is 5.16. The van der Waals surface area contributed by atoms with Gasteiger partial charge in [-0.1, -0.05) is 18.2 Å². The second kappa shape index (κ2) is 11.1. The number of benzene rings is 1. The minimum Gasteiger partial charge on any atom is -0.385 e. The Labute approximate surface area is 180 Å². The number of ether oxygens (including phenoxy) is 1. The van der Waals surface area contributed by atoms with Crippen molar-refractivity contribution >= 4 is 22.7 Å². The zero-order valence-electron chi connectivity index (χ0n) is 18.8. The number of nitrogens with one attached hydrogen (secondary N) is 2. The predicted molar refractivity (Wildman–Crippen MR) is 125 cm³/mol. The number of rotatable bonds is 8. The van der Waals surface area contributed by atoms with Gasteiger partial charge in [0.1, 0.15) is 5.82 Å². The van der Waals surface area contributed by atoms with E-state index in [-0.39, 0.29) is 0 Å². The van der Waals surface area contributed by atoms with Crippen molar-refractivity contribution in [2.45, 2.75) is 31.8 Å². The Morgan fingerprint density at radius 2 is 2.03 bits per heavy atom. The van der Waals surface area contributed by atoms with Gasteiger partial charge in [-0.3, -0.25) is 4.99 Å². The van der Waals surface area contributed by atoms with Gasteiger partial charge in [0.15, 0.2) is 5.96 Å². The van der Waals surface area contributed by atoms with Gasteiger partial charge in [-0.2, -0.15) is 0 Å². The molecule has 7 nitrogen and oxygen atoms in total. The molecule has 1 aromatic heterocycles. The van der Waals surface area contributed by atoms with E-state index in [1.807, 2.05) is 32.1 Å². The fourth-order valence-corrected chi connectivity index (χ4v) is 3.91. The number of pyridine rings is 1. The lowest BCUT2D eigenvalue weighted by atomic mass is 10.1. The smallest absolute Gasteiger partial charge is 0.191 e. The highest BCUT2D eigenvalue weighted by atomic mass is 16.5. The molecule has 0 spiro atoms. The van der Waals surface area contributed by atoms with Gasteiger partial charge in [0.25, 0.3) is 0 Å². The van der Waals surface area contributed by atoms with E-state index in [1.54, 1.807) is 7.11 Å². The number of likely N-dealkylation sites (tertiary alicyclic amines) is 1. The normalized spacial score (nSPS) is 16.1. The molecule has 0 amide bonds. The van der Waals surface area contributed by atoms with E-state index in [1.165, 1.54) is 10.9 Å². The maximum atomic E-state index is 5.16. The molecular formula is C23H36N6O. The lowest BCUT2D eigenvalue weighted by molar-refractivity contribution is 0.155. The van der Waals surface area contributed by atoms with Crippen LogP contribution in [-0.4, -0.2) is 76.4 Å².